The number of rotatable bonds is 8. The standard InChI is InChI=1S/C21H21N3O5S3/c1-13(20(25)24-16-4-3-5-19(10-16)32(22,27)28)29-21(26)15-6-8-18(9-7-15)31-12-17-11-30-14(2)23-17/h3-11,13H,12H2,1-2H3,(H,24,25)(H2,22,27,28). The summed E-state index contributed by atoms with van der Waals surface area (Å²) in [6, 6.07) is 12.4. The van der Waals surface area contributed by atoms with Gasteiger partial charge >= 0.3 is 5.97 Å². The van der Waals surface area contributed by atoms with Crippen LogP contribution in [0.5, 0.6) is 0 Å². The minimum atomic E-state index is -3.90. The van der Waals surface area contributed by atoms with Crippen LogP contribution in [0.1, 0.15) is 28.0 Å². The lowest BCUT2D eigenvalue weighted by Crippen LogP contribution is -2.30. The molecule has 0 spiro atoms. The van der Waals surface area contributed by atoms with Crippen molar-refractivity contribution in [3.8, 4) is 0 Å². The van der Waals surface area contributed by atoms with Gasteiger partial charge in [0.1, 0.15) is 0 Å². The van der Waals surface area contributed by atoms with Crippen LogP contribution in [-0.4, -0.2) is 31.4 Å². The van der Waals surface area contributed by atoms with Crippen molar-refractivity contribution < 1.29 is 22.7 Å². The Bertz CT molecular complexity index is 1220. The molecule has 32 heavy (non-hydrogen) atoms. The number of anilines is 1. The zero-order chi connectivity index (χ0) is 23.3. The van der Waals surface area contributed by atoms with Crippen LogP contribution in [-0.2, 0) is 25.3 Å². The largest absolute Gasteiger partial charge is 0.449 e. The van der Waals surface area contributed by atoms with Gasteiger partial charge in [-0.1, -0.05) is 6.07 Å². The molecule has 0 radical (unpaired) electrons. The number of carbonyl (C=O) groups is 2. The number of thiazole rings is 1. The Morgan fingerprint density at radius 1 is 1.22 bits per heavy atom. The monoisotopic (exact) mass is 491 g/mol. The number of sulfonamides is 1. The van der Waals surface area contributed by atoms with Crippen molar-refractivity contribution in [1.82, 2.24) is 4.98 Å². The fraction of sp³-hybridized carbons (Fsp3) is 0.190. The number of thioether (sulfide) groups is 1. The molecule has 1 heterocycles. The van der Waals surface area contributed by atoms with E-state index >= 15 is 0 Å². The van der Waals surface area contributed by atoms with Gasteiger partial charge in [0, 0.05) is 21.7 Å². The number of aromatic nitrogens is 1. The van der Waals surface area contributed by atoms with E-state index in [1.807, 2.05) is 24.4 Å². The Morgan fingerprint density at radius 3 is 2.56 bits per heavy atom. The van der Waals surface area contributed by atoms with Crippen molar-refractivity contribution in [2.45, 2.75) is 35.5 Å². The van der Waals surface area contributed by atoms with Gasteiger partial charge in [-0.3, -0.25) is 4.79 Å². The number of carbonyl (C=O) groups excluding carboxylic acids is 2. The molecular formula is C21H21N3O5S3. The first-order chi connectivity index (χ1) is 15.1. The van der Waals surface area contributed by atoms with E-state index in [4.69, 9.17) is 9.88 Å². The van der Waals surface area contributed by atoms with Crippen LogP contribution in [0.4, 0.5) is 5.69 Å². The number of amides is 1. The summed E-state index contributed by atoms with van der Waals surface area (Å²) in [5.74, 6) is -0.508. The zero-order valence-electron chi connectivity index (χ0n) is 17.3. The molecule has 0 aliphatic rings. The lowest BCUT2D eigenvalue weighted by Gasteiger charge is -2.14. The molecule has 2 aromatic carbocycles. The Labute approximate surface area is 194 Å². The summed E-state index contributed by atoms with van der Waals surface area (Å²) >= 11 is 3.21. The summed E-state index contributed by atoms with van der Waals surface area (Å²) in [6.45, 7) is 3.39. The number of nitrogens with two attached hydrogens (primary N) is 1. The molecule has 1 unspecified atom stereocenters. The molecule has 11 heteroatoms. The summed E-state index contributed by atoms with van der Waals surface area (Å²) in [5, 5.41) is 10.6. The third-order valence-electron chi connectivity index (χ3n) is 4.23. The molecule has 3 aromatic rings. The number of esters is 1. The summed E-state index contributed by atoms with van der Waals surface area (Å²) < 4.78 is 28.1. The maximum Gasteiger partial charge on any atom is 0.338 e. The summed E-state index contributed by atoms with van der Waals surface area (Å²) in [4.78, 5) is 30.0. The lowest BCUT2D eigenvalue weighted by atomic mass is 10.2. The highest BCUT2D eigenvalue weighted by atomic mass is 32.2. The van der Waals surface area contributed by atoms with Crippen LogP contribution >= 0.6 is 23.1 Å². The molecule has 0 aliphatic heterocycles. The third-order valence-corrected chi connectivity index (χ3v) is 7.01. The third kappa shape index (κ3) is 6.63. The molecule has 1 aromatic heterocycles. The molecule has 168 valence electrons. The molecule has 3 rings (SSSR count). The first-order valence-electron chi connectivity index (χ1n) is 9.40. The van der Waals surface area contributed by atoms with Crippen LogP contribution in [0, 0.1) is 6.92 Å². The highest BCUT2D eigenvalue weighted by Gasteiger charge is 2.20. The topological polar surface area (TPSA) is 128 Å². The number of nitrogens with one attached hydrogen (secondary N) is 1. The van der Waals surface area contributed by atoms with E-state index < -0.39 is 28.0 Å². The van der Waals surface area contributed by atoms with Gasteiger partial charge in [-0.25, -0.2) is 23.3 Å². The molecule has 0 saturated heterocycles. The molecule has 0 saturated carbocycles. The second-order valence-corrected chi connectivity index (χ2v) is 10.5. The van der Waals surface area contributed by atoms with Gasteiger partial charge in [0.2, 0.25) is 10.0 Å². The first kappa shape index (κ1) is 23.9. The van der Waals surface area contributed by atoms with Crippen molar-refractivity contribution in [3.63, 3.8) is 0 Å². The smallest absolute Gasteiger partial charge is 0.338 e. The summed E-state index contributed by atoms with van der Waals surface area (Å²) in [6.07, 6.45) is -1.09. The fourth-order valence-corrected chi connectivity index (χ4v) is 4.66. The van der Waals surface area contributed by atoms with Gasteiger partial charge in [0.15, 0.2) is 6.10 Å². The maximum atomic E-state index is 12.4. The predicted molar refractivity (Wildman–Crippen MR) is 124 cm³/mol. The summed E-state index contributed by atoms with van der Waals surface area (Å²) in [5.41, 5.74) is 1.55. The molecule has 8 nitrogen and oxygen atoms in total. The van der Waals surface area contributed by atoms with E-state index in [1.165, 1.54) is 31.2 Å². The van der Waals surface area contributed by atoms with E-state index in [-0.39, 0.29) is 10.6 Å². The van der Waals surface area contributed by atoms with Crippen LogP contribution in [0.2, 0.25) is 0 Å². The summed E-state index contributed by atoms with van der Waals surface area (Å²) in [7, 11) is -3.90. The number of hydrogen-bond donors (Lipinski definition) is 2. The van der Waals surface area contributed by atoms with Crippen LogP contribution in [0.3, 0.4) is 0 Å². The SMILES string of the molecule is Cc1nc(CSc2ccc(C(=O)OC(C)C(=O)Nc3cccc(S(N)(=O)=O)c3)cc2)cs1. The number of ether oxygens (including phenoxy) is 1. The van der Waals surface area contributed by atoms with E-state index in [9.17, 15) is 18.0 Å². The highest BCUT2D eigenvalue weighted by molar-refractivity contribution is 7.98. The molecule has 3 N–H and O–H groups in total. The average molecular weight is 492 g/mol. The molecule has 0 bridgehead atoms. The van der Waals surface area contributed by atoms with Gasteiger partial charge in [-0.15, -0.1) is 23.1 Å². The Morgan fingerprint density at radius 2 is 1.94 bits per heavy atom. The number of nitrogens with zero attached hydrogens (tertiary/aromatic N) is 1. The van der Waals surface area contributed by atoms with Crippen molar-refractivity contribution in [2.24, 2.45) is 5.14 Å². The number of aryl methyl sites for hydroxylation is 1. The van der Waals surface area contributed by atoms with Crippen molar-refractivity contribution in [3.05, 3.63) is 70.2 Å². The second-order valence-electron chi connectivity index (χ2n) is 6.78. The molecule has 0 fully saturated rings. The van der Waals surface area contributed by atoms with Crippen LogP contribution in [0.25, 0.3) is 0 Å². The van der Waals surface area contributed by atoms with Gasteiger partial charge in [0.25, 0.3) is 5.91 Å². The van der Waals surface area contributed by atoms with Crippen molar-refractivity contribution >= 4 is 50.7 Å². The average Bonchev–Trinajstić information content (AvgIpc) is 3.17. The Balaban J connectivity index is 1.55. The van der Waals surface area contributed by atoms with E-state index in [1.54, 1.807) is 35.2 Å². The highest BCUT2D eigenvalue weighted by Crippen LogP contribution is 2.24. The first-order valence-corrected chi connectivity index (χ1v) is 12.8. The molecule has 0 aliphatic carbocycles. The normalized spacial score (nSPS) is 12.2. The number of primary sulfonamides is 1. The number of benzene rings is 2. The molecular weight excluding hydrogens is 470 g/mol. The van der Waals surface area contributed by atoms with E-state index in [0.717, 1.165) is 21.3 Å². The predicted octanol–water partition coefficient (Wildman–Crippen LogP) is 3.58. The van der Waals surface area contributed by atoms with Crippen LogP contribution < -0.4 is 10.5 Å². The second kappa shape index (κ2) is 10.3. The van der Waals surface area contributed by atoms with Gasteiger partial charge in [0.05, 0.1) is 21.2 Å². The van der Waals surface area contributed by atoms with Gasteiger partial charge < -0.3 is 10.1 Å². The van der Waals surface area contributed by atoms with E-state index in [2.05, 4.69) is 10.3 Å². The minimum Gasteiger partial charge on any atom is -0.449 e. The molecule has 1 amide bonds. The number of hydrogen-bond acceptors (Lipinski definition) is 8. The maximum absolute atomic E-state index is 12.4. The van der Waals surface area contributed by atoms with Crippen molar-refractivity contribution in [2.75, 3.05) is 5.32 Å². The van der Waals surface area contributed by atoms with E-state index in [0.29, 0.717) is 5.56 Å². The van der Waals surface area contributed by atoms with Crippen LogP contribution in [0.15, 0.2) is 63.7 Å². The van der Waals surface area contributed by atoms with Gasteiger partial charge in [-0.05, 0) is 56.3 Å². The lowest BCUT2D eigenvalue weighted by molar-refractivity contribution is -0.123. The fourth-order valence-electron chi connectivity index (χ4n) is 2.60. The molecule has 1 atom stereocenters. The zero-order valence-corrected chi connectivity index (χ0v) is 19.7. The minimum absolute atomic E-state index is 0.136. The Kier molecular flexibility index (Phi) is 7.67. The quantitative estimate of drug-likeness (QED) is 0.364. The Hall–Kier alpha value is -2.73. The van der Waals surface area contributed by atoms with Gasteiger partial charge in [-0.2, -0.15) is 0 Å². The van der Waals surface area contributed by atoms with Crippen molar-refractivity contribution in [1.29, 1.82) is 0 Å².